The van der Waals surface area contributed by atoms with Gasteiger partial charge in [-0.1, -0.05) is 19.3 Å². The molecule has 1 heterocycles. The third kappa shape index (κ3) is 3.92. The van der Waals surface area contributed by atoms with E-state index < -0.39 is 6.10 Å². The molecule has 19 heavy (non-hydrogen) atoms. The van der Waals surface area contributed by atoms with Gasteiger partial charge in [0, 0.05) is 19.3 Å². The van der Waals surface area contributed by atoms with Crippen LogP contribution in [0.3, 0.4) is 0 Å². The quantitative estimate of drug-likeness (QED) is 0.637. The Hall–Kier alpha value is -1.62. The summed E-state index contributed by atoms with van der Waals surface area (Å²) in [4.78, 5) is 11.8. The minimum Gasteiger partial charge on any atom is -0.391 e. The van der Waals surface area contributed by atoms with Crippen molar-refractivity contribution >= 4 is 12.0 Å². The first kappa shape index (κ1) is 13.8. The van der Waals surface area contributed by atoms with E-state index in [1.807, 2.05) is 13.1 Å². The number of hydrogen-bond acceptors (Lipinski definition) is 3. The van der Waals surface area contributed by atoms with Crippen molar-refractivity contribution in [1.29, 1.82) is 0 Å². The van der Waals surface area contributed by atoms with Gasteiger partial charge in [-0.25, -0.2) is 0 Å². The maximum absolute atomic E-state index is 11.8. The largest absolute Gasteiger partial charge is 0.391 e. The Labute approximate surface area is 113 Å². The average Bonchev–Trinajstić information content (AvgIpc) is 2.69. The molecule has 0 bridgehead atoms. The molecule has 2 N–H and O–H groups in total. The fourth-order valence-corrected chi connectivity index (χ4v) is 2.40. The molecule has 0 aromatic carbocycles. The summed E-state index contributed by atoms with van der Waals surface area (Å²) in [5.41, 5.74) is 0.872. The van der Waals surface area contributed by atoms with E-state index in [1.165, 1.54) is 6.08 Å². The lowest BCUT2D eigenvalue weighted by atomic mass is 10.1. The number of hydrogen-bond donors (Lipinski definition) is 2. The van der Waals surface area contributed by atoms with Gasteiger partial charge in [-0.15, -0.1) is 0 Å². The zero-order valence-electron chi connectivity index (χ0n) is 11.2. The maximum atomic E-state index is 11.8. The van der Waals surface area contributed by atoms with Crippen LogP contribution in [0.15, 0.2) is 18.3 Å². The number of carbonyl (C=O) groups is 1. The summed E-state index contributed by atoms with van der Waals surface area (Å²) in [6.45, 7) is 0. The number of aromatic nitrogens is 2. The van der Waals surface area contributed by atoms with Crippen molar-refractivity contribution in [3.63, 3.8) is 0 Å². The number of amides is 1. The van der Waals surface area contributed by atoms with Crippen molar-refractivity contribution in [3.8, 4) is 0 Å². The number of carbonyl (C=O) groups excluding carboxylic acids is 1. The number of aryl methyl sites for hydroxylation is 1. The molecule has 5 nitrogen and oxygen atoms in total. The fourth-order valence-electron chi connectivity index (χ4n) is 2.40. The number of aliphatic hydroxyl groups excluding tert-OH is 1. The Kier molecular flexibility index (Phi) is 4.74. The first-order valence-electron chi connectivity index (χ1n) is 6.81. The van der Waals surface area contributed by atoms with Crippen molar-refractivity contribution in [2.45, 2.75) is 44.2 Å². The van der Waals surface area contributed by atoms with Crippen LogP contribution in [-0.4, -0.2) is 32.9 Å². The molecule has 2 atom stereocenters. The summed E-state index contributed by atoms with van der Waals surface area (Å²) in [7, 11) is 1.83. The molecule has 5 heteroatoms. The van der Waals surface area contributed by atoms with Crippen molar-refractivity contribution < 1.29 is 9.90 Å². The Balaban J connectivity index is 1.90. The first-order valence-corrected chi connectivity index (χ1v) is 6.81. The number of nitrogens with one attached hydrogen (secondary N) is 1. The van der Waals surface area contributed by atoms with E-state index in [0.29, 0.717) is 0 Å². The Bertz CT molecular complexity index is 453. The Morgan fingerprint density at radius 1 is 1.47 bits per heavy atom. The molecule has 0 radical (unpaired) electrons. The predicted octanol–water partition coefficient (Wildman–Crippen LogP) is 1.24. The van der Waals surface area contributed by atoms with E-state index in [2.05, 4.69) is 10.4 Å². The van der Waals surface area contributed by atoms with Crippen LogP contribution in [0.1, 0.15) is 37.8 Å². The first-order chi connectivity index (χ1) is 9.16. The number of nitrogens with zero attached hydrogens (tertiary/aromatic N) is 2. The van der Waals surface area contributed by atoms with Gasteiger partial charge in [-0.05, 0) is 25.0 Å². The van der Waals surface area contributed by atoms with E-state index >= 15 is 0 Å². The SMILES string of the molecule is Cn1nccc1/C=C/C(=O)NC1CCCCCC1O. The highest BCUT2D eigenvalue weighted by Crippen LogP contribution is 2.18. The zero-order chi connectivity index (χ0) is 13.7. The van der Waals surface area contributed by atoms with Gasteiger partial charge < -0.3 is 10.4 Å². The normalized spacial score (nSPS) is 24.3. The van der Waals surface area contributed by atoms with Crippen LogP contribution in [-0.2, 0) is 11.8 Å². The highest BCUT2D eigenvalue weighted by atomic mass is 16.3. The van der Waals surface area contributed by atoms with E-state index in [4.69, 9.17) is 0 Å². The summed E-state index contributed by atoms with van der Waals surface area (Å²) in [6.07, 6.45) is 9.35. The third-order valence-electron chi connectivity index (χ3n) is 3.57. The Morgan fingerprint density at radius 3 is 3.00 bits per heavy atom. The third-order valence-corrected chi connectivity index (χ3v) is 3.57. The van der Waals surface area contributed by atoms with Crippen molar-refractivity contribution in [1.82, 2.24) is 15.1 Å². The highest BCUT2D eigenvalue weighted by molar-refractivity contribution is 5.91. The van der Waals surface area contributed by atoms with Crippen LogP contribution in [0, 0.1) is 0 Å². The van der Waals surface area contributed by atoms with Crippen molar-refractivity contribution in [2.75, 3.05) is 0 Å². The summed E-state index contributed by atoms with van der Waals surface area (Å²) < 4.78 is 1.70. The van der Waals surface area contributed by atoms with Crippen LogP contribution in [0.2, 0.25) is 0 Å². The van der Waals surface area contributed by atoms with E-state index in [-0.39, 0.29) is 11.9 Å². The summed E-state index contributed by atoms with van der Waals surface area (Å²) >= 11 is 0. The van der Waals surface area contributed by atoms with Gasteiger partial charge in [0.2, 0.25) is 5.91 Å². The minimum absolute atomic E-state index is 0.119. The van der Waals surface area contributed by atoms with Crippen molar-refractivity contribution in [2.24, 2.45) is 7.05 Å². The second kappa shape index (κ2) is 6.52. The lowest BCUT2D eigenvalue weighted by Crippen LogP contribution is -2.41. The van der Waals surface area contributed by atoms with Gasteiger partial charge in [-0.3, -0.25) is 9.48 Å². The van der Waals surface area contributed by atoms with Crippen LogP contribution in [0.5, 0.6) is 0 Å². The molecule has 2 rings (SSSR count). The monoisotopic (exact) mass is 263 g/mol. The van der Waals surface area contributed by atoms with Gasteiger partial charge in [0.15, 0.2) is 0 Å². The number of rotatable bonds is 3. The molecule has 2 unspecified atom stereocenters. The van der Waals surface area contributed by atoms with Gasteiger partial charge in [-0.2, -0.15) is 5.10 Å². The van der Waals surface area contributed by atoms with E-state index in [0.717, 1.165) is 37.8 Å². The van der Waals surface area contributed by atoms with Gasteiger partial charge in [0.25, 0.3) is 0 Å². The van der Waals surface area contributed by atoms with E-state index in [9.17, 15) is 9.90 Å². The summed E-state index contributed by atoms with van der Waals surface area (Å²) in [5.74, 6) is -0.160. The lowest BCUT2D eigenvalue weighted by molar-refractivity contribution is -0.118. The van der Waals surface area contributed by atoms with Gasteiger partial charge in [0.05, 0.1) is 17.8 Å². The minimum atomic E-state index is -0.420. The summed E-state index contributed by atoms with van der Waals surface area (Å²) in [6, 6.07) is 1.72. The number of aliphatic hydroxyl groups is 1. The van der Waals surface area contributed by atoms with Crippen LogP contribution in [0.25, 0.3) is 6.08 Å². The molecule has 0 aliphatic heterocycles. The van der Waals surface area contributed by atoms with Crippen molar-refractivity contribution in [3.05, 3.63) is 24.0 Å². The van der Waals surface area contributed by atoms with Crippen LogP contribution in [0.4, 0.5) is 0 Å². The molecule has 1 aromatic rings. The topological polar surface area (TPSA) is 67.2 Å². The molecule has 1 aliphatic carbocycles. The predicted molar refractivity (Wildman–Crippen MR) is 73.3 cm³/mol. The average molecular weight is 263 g/mol. The lowest BCUT2D eigenvalue weighted by Gasteiger charge is -2.20. The molecule has 1 amide bonds. The molecule has 0 saturated heterocycles. The molecule has 0 spiro atoms. The van der Waals surface area contributed by atoms with Crippen LogP contribution < -0.4 is 5.32 Å². The molecule has 1 aliphatic rings. The van der Waals surface area contributed by atoms with Crippen LogP contribution >= 0.6 is 0 Å². The fraction of sp³-hybridized carbons (Fsp3) is 0.571. The highest BCUT2D eigenvalue weighted by Gasteiger charge is 2.22. The molecular weight excluding hydrogens is 242 g/mol. The molecule has 1 saturated carbocycles. The molecule has 1 aromatic heterocycles. The van der Waals surface area contributed by atoms with E-state index in [1.54, 1.807) is 17.0 Å². The zero-order valence-corrected chi connectivity index (χ0v) is 11.2. The standard InChI is InChI=1S/C14H21N3O2/c1-17-11(9-10-15-17)7-8-14(19)16-12-5-3-2-4-6-13(12)18/h7-10,12-13,18H,2-6H2,1H3,(H,16,19)/b8-7+. The second-order valence-electron chi connectivity index (χ2n) is 5.03. The Morgan fingerprint density at radius 2 is 2.26 bits per heavy atom. The molecule has 104 valence electrons. The second-order valence-corrected chi connectivity index (χ2v) is 5.03. The molecule has 1 fully saturated rings. The smallest absolute Gasteiger partial charge is 0.244 e. The molecular formula is C14H21N3O2. The van der Waals surface area contributed by atoms with Gasteiger partial charge >= 0.3 is 0 Å². The van der Waals surface area contributed by atoms with Gasteiger partial charge in [0.1, 0.15) is 0 Å². The maximum Gasteiger partial charge on any atom is 0.244 e. The summed E-state index contributed by atoms with van der Waals surface area (Å²) in [5, 5.41) is 16.9.